The van der Waals surface area contributed by atoms with Crippen molar-refractivity contribution in [3.05, 3.63) is 52.8 Å². The number of fused-ring (bicyclic) bond motifs is 1. The number of carbonyl (C=O) groups is 1. The Bertz CT molecular complexity index is 1040. The van der Waals surface area contributed by atoms with E-state index in [1.165, 1.54) is 31.2 Å². The maximum absolute atomic E-state index is 13.1. The fourth-order valence-corrected chi connectivity index (χ4v) is 3.49. The topological polar surface area (TPSA) is 146 Å². The second kappa shape index (κ2) is 7.86. The van der Waals surface area contributed by atoms with Gasteiger partial charge in [-0.25, -0.2) is 0 Å². The molecule has 2 aliphatic heterocycles. The van der Waals surface area contributed by atoms with Crippen LogP contribution in [0.2, 0.25) is 0 Å². The fourth-order valence-electron chi connectivity index (χ4n) is 3.49. The molecule has 5 N–H and O–H groups in total. The molecule has 9 heteroatoms. The van der Waals surface area contributed by atoms with E-state index >= 15 is 0 Å². The quantitative estimate of drug-likeness (QED) is 0.454. The summed E-state index contributed by atoms with van der Waals surface area (Å²) in [5.41, 5.74) is 0.957. The average molecular weight is 430 g/mol. The molecule has 0 unspecified atom stereocenters. The minimum Gasteiger partial charge on any atom is -0.508 e. The Kier molecular flexibility index (Phi) is 5.36. The number of hydrogen-bond donors (Lipinski definition) is 5. The van der Waals surface area contributed by atoms with Crippen LogP contribution in [0.3, 0.4) is 0 Å². The Balaban J connectivity index is 1.69. The van der Waals surface area contributed by atoms with Crippen molar-refractivity contribution >= 4 is 11.9 Å². The molecule has 0 amide bonds. The summed E-state index contributed by atoms with van der Waals surface area (Å²) in [4.78, 5) is 13.1. The van der Waals surface area contributed by atoms with Crippen LogP contribution < -0.4 is 9.47 Å². The first-order valence-electron chi connectivity index (χ1n) is 9.63. The highest BCUT2D eigenvalue weighted by molar-refractivity contribution is 6.16. The molecule has 0 saturated carbocycles. The third-order valence-electron chi connectivity index (χ3n) is 5.37. The molecule has 0 bridgehead atoms. The number of phenolic OH excluding ortho intramolecular Hbond substituents is 2. The lowest BCUT2D eigenvalue weighted by atomic mass is 10.00. The van der Waals surface area contributed by atoms with E-state index in [0.29, 0.717) is 11.1 Å². The van der Waals surface area contributed by atoms with Gasteiger partial charge in [0.2, 0.25) is 12.1 Å². The summed E-state index contributed by atoms with van der Waals surface area (Å²) in [6.45, 7) is 3.07. The summed E-state index contributed by atoms with van der Waals surface area (Å²) in [5, 5.41) is 49.8. The average Bonchev–Trinajstić information content (AvgIpc) is 3.06. The van der Waals surface area contributed by atoms with Crippen LogP contribution in [0.5, 0.6) is 23.0 Å². The number of carbonyl (C=O) groups excluding carboxylic acids is 1. The van der Waals surface area contributed by atoms with Crippen LogP contribution in [-0.4, -0.2) is 62.0 Å². The molecule has 2 aromatic carbocycles. The summed E-state index contributed by atoms with van der Waals surface area (Å²) in [5.74, 6) is -0.659. The van der Waals surface area contributed by atoms with Crippen molar-refractivity contribution in [1.82, 2.24) is 0 Å². The summed E-state index contributed by atoms with van der Waals surface area (Å²) in [6, 6.07) is 7.34. The predicted molar refractivity (Wildman–Crippen MR) is 107 cm³/mol. The number of aliphatic hydroxyl groups excluding tert-OH is 3. The second-order valence-corrected chi connectivity index (χ2v) is 7.55. The Hall–Kier alpha value is -3.11. The van der Waals surface area contributed by atoms with E-state index in [9.17, 15) is 30.3 Å². The van der Waals surface area contributed by atoms with Crippen LogP contribution >= 0.6 is 0 Å². The lowest BCUT2D eigenvalue weighted by molar-refractivity contribution is -0.268. The molecule has 4 rings (SSSR count). The van der Waals surface area contributed by atoms with Gasteiger partial charge in [-0.1, -0.05) is 12.1 Å². The minimum atomic E-state index is -1.59. The lowest BCUT2D eigenvalue weighted by Gasteiger charge is -2.39. The molecule has 1 fully saturated rings. The van der Waals surface area contributed by atoms with Gasteiger partial charge in [0.15, 0.2) is 5.76 Å². The molecule has 2 aliphatic rings. The predicted octanol–water partition coefficient (Wildman–Crippen LogP) is 1.23. The maximum atomic E-state index is 13.1. The number of rotatable bonds is 3. The smallest absolute Gasteiger partial charge is 0.235 e. The van der Waals surface area contributed by atoms with Crippen molar-refractivity contribution in [3.63, 3.8) is 0 Å². The van der Waals surface area contributed by atoms with Crippen molar-refractivity contribution in [2.45, 2.75) is 44.6 Å². The Labute approximate surface area is 177 Å². The van der Waals surface area contributed by atoms with Gasteiger partial charge in [0.05, 0.1) is 6.10 Å². The summed E-state index contributed by atoms with van der Waals surface area (Å²) in [7, 11) is 0. The van der Waals surface area contributed by atoms with Crippen molar-refractivity contribution in [3.8, 4) is 23.0 Å². The molecule has 5 atom stereocenters. The molecule has 2 aromatic rings. The largest absolute Gasteiger partial charge is 0.508 e. The number of benzene rings is 2. The van der Waals surface area contributed by atoms with E-state index in [-0.39, 0.29) is 34.3 Å². The highest BCUT2D eigenvalue weighted by Crippen LogP contribution is 2.45. The van der Waals surface area contributed by atoms with Gasteiger partial charge in [-0.15, -0.1) is 0 Å². The molecule has 31 heavy (non-hydrogen) atoms. The summed E-state index contributed by atoms with van der Waals surface area (Å²) < 4.78 is 16.8. The van der Waals surface area contributed by atoms with Gasteiger partial charge in [0.25, 0.3) is 0 Å². The SMILES string of the molecule is Cc1c(O)cc(O[C@H]2O[C@@H](C)[C@@H](O)[C@H](O)[C@@H]2O)c2c1O/C(=C\c1ccc(O)cc1)C2=O. The van der Waals surface area contributed by atoms with Crippen LogP contribution in [-0.2, 0) is 4.74 Å². The Morgan fingerprint density at radius 1 is 1.03 bits per heavy atom. The van der Waals surface area contributed by atoms with E-state index in [2.05, 4.69) is 0 Å². The van der Waals surface area contributed by atoms with Gasteiger partial charge in [0, 0.05) is 11.6 Å². The van der Waals surface area contributed by atoms with Crippen molar-refractivity contribution in [2.75, 3.05) is 0 Å². The summed E-state index contributed by atoms with van der Waals surface area (Å²) in [6.07, 6.45) is -5.16. The number of ether oxygens (including phenoxy) is 3. The molecule has 0 aliphatic carbocycles. The monoisotopic (exact) mass is 430 g/mol. The highest BCUT2D eigenvalue weighted by atomic mass is 16.7. The van der Waals surface area contributed by atoms with Crippen molar-refractivity contribution in [2.24, 2.45) is 0 Å². The van der Waals surface area contributed by atoms with Crippen LogP contribution in [0, 0.1) is 6.92 Å². The number of aliphatic hydroxyl groups is 3. The molecular weight excluding hydrogens is 408 g/mol. The van der Waals surface area contributed by atoms with E-state index in [1.54, 1.807) is 19.1 Å². The van der Waals surface area contributed by atoms with Gasteiger partial charge in [-0.05, 0) is 37.6 Å². The van der Waals surface area contributed by atoms with Gasteiger partial charge in [-0.2, -0.15) is 0 Å². The zero-order chi connectivity index (χ0) is 22.4. The van der Waals surface area contributed by atoms with Crippen LogP contribution in [0.15, 0.2) is 36.1 Å². The van der Waals surface area contributed by atoms with Crippen LogP contribution in [0.4, 0.5) is 0 Å². The first-order chi connectivity index (χ1) is 14.7. The third-order valence-corrected chi connectivity index (χ3v) is 5.37. The van der Waals surface area contributed by atoms with E-state index < -0.39 is 36.5 Å². The number of aromatic hydroxyl groups is 2. The molecule has 1 saturated heterocycles. The minimum absolute atomic E-state index is 0.0202. The molecular formula is C22H22O9. The van der Waals surface area contributed by atoms with Gasteiger partial charge >= 0.3 is 0 Å². The highest BCUT2D eigenvalue weighted by Gasteiger charge is 2.44. The van der Waals surface area contributed by atoms with Gasteiger partial charge in [-0.3, -0.25) is 4.79 Å². The zero-order valence-electron chi connectivity index (χ0n) is 16.7. The molecule has 0 radical (unpaired) electrons. The number of hydrogen-bond acceptors (Lipinski definition) is 9. The maximum Gasteiger partial charge on any atom is 0.235 e. The fraction of sp³-hybridized carbons (Fsp3) is 0.318. The van der Waals surface area contributed by atoms with Gasteiger partial charge in [0.1, 0.15) is 46.9 Å². The van der Waals surface area contributed by atoms with Crippen molar-refractivity contribution in [1.29, 1.82) is 0 Å². The zero-order valence-corrected chi connectivity index (χ0v) is 16.7. The lowest BCUT2D eigenvalue weighted by Crippen LogP contribution is -2.58. The summed E-state index contributed by atoms with van der Waals surface area (Å²) >= 11 is 0. The van der Waals surface area contributed by atoms with Gasteiger partial charge < -0.3 is 39.7 Å². The van der Waals surface area contributed by atoms with Crippen LogP contribution in [0.1, 0.15) is 28.4 Å². The molecule has 9 nitrogen and oxygen atoms in total. The number of phenols is 2. The Morgan fingerprint density at radius 2 is 1.71 bits per heavy atom. The number of ketones is 1. The second-order valence-electron chi connectivity index (χ2n) is 7.55. The standard InChI is InChI=1S/C22H22O9/c1-9-13(24)8-14(31-22-20(28)19(27)17(25)10(2)29-22)16-18(26)15(30-21(9)16)7-11-3-5-12(23)6-4-11/h3-8,10,17,19-20,22-25,27-28H,1-2H3/b15-7-/t10-,17+,19-,20-,22+/m0/s1. The normalized spacial score (nSPS) is 29.0. The first kappa shape index (κ1) is 21.1. The Morgan fingerprint density at radius 3 is 2.39 bits per heavy atom. The van der Waals surface area contributed by atoms with E-state index in [0.717, 1.165) is 0 Å². The number of Topliss-reactive ketones (excluding diaryl/α,β-unsaturated/α-hetero) is 1. The number of allylic oxidation sites excluding steroid dienone is 1. The third kappa shape index (κ3) is 3.72. The molecule has 0 aromatic heterocycles. The van der Waals surface area contributed by atoms with E-state index in [1.807, 2.05) is 0 Å². The molecule has 0 spiro atoms. The molecule has 2 heterocycles. The first-order valence-corrected chi connectivity index (χ1v) is 9.63. The van der Waals surface area contributed by atoms with E-state index in [4.69, 9.17) is 14.2 Å². The van der Waals surface area contributed by atoms with Crippen LogP contribution in [0.25, 0.3) is 6.08 Å². The van der Waals surface area contributed by atoms with Crippen molar-refractivity contribution < 1.29 is 44.5 Å². The molecule has 164 valence electrons.